The lowest BCUT2D eigenvalue weighted by atomic mass is 10.1. The third-order valence-electron chi connectivity index (χ3n) is 4.07. The van der Waals surface area contributed by atoms with Crippen molar-refractivity contribution in [3.05, 3.63) is 46.3 Å². The highest BCUT2D eigenvalue weighted by Crippen LogP contribution is 2.27. The summed E-state index contributed by atoms with van der Waals surface area (Å²) in [5, 5.41) is 11.0. The van der Waals surface area contributed by atoms with E-state index in [-0.39, 0.29) is 0 Å². The van der Waals surface area contributed by atoms with Crippen molar-refractivity contribution in [3.8, 4) is 6.07 Å². The quantitative estimate of drug-likeness (QED) is 0.844. The molecule has 0 saturated carbocycles. The number of hydrogen-bond acceptors (Lipinski definition) is 6. The molecule has 0 aliphatic carbocycles. The smallest absolute Gasteiger partial charge is 0.128 e. The number of hydrogen-bond donors (Lipinski definition) is 0. The van der Waals surface area contributed by atoms with Gasteiger partial charge in [-0.25, -0.2) is 4.98 Å². The molecule has 1 aliphatic rings. The number of morpholine rings is 1. The van der Waals surface area contributed by atoms with Gasteiger partial charge in [0.05, 0.1) is 24.8 Å². The molecule has 6 heteroatoms. The Labute approximate surface area is 140 Å². The molecular formula is C17H20N4OS. The lowest BCUT2D eigenvalue weighted by Crippen LogP contribution is -2.43. The molecule has 0 N–H and O–H groups in total. The van der Waals surface area contributed by atoms with E-state index >= 15 is 0 Å². The number of thiophene rings is 1. The van der Waals surface area contributed by atoms with Crippen LogP contribution in [0.4, 0.5) is 5.82 Å². The van der Waals surface area contributed by atoms with E-state index in [1.54, 1.807) is 17.5 Å². The summed E-state index contributed by atoms with van der Waals surface area (Å²) in [6.07, 6.45) is 1.63. The fourth-order valence-electron chi connectivity index (χ4n) is 2.79. The lowest BCUT2D eigenvalue weighted by molar-refractivity contribution is 0.0183. The third-order valence-corrected chi connectivity index (χ3v) is 5.05. The molecule has 0 bridgehead atoms. The predicted molar refractivity (Wildman–Crippen MR) is 91.7 cm³/mol. The standard InChI is InChI=1S/C17H20N4OS/c1-20(17-5-4-14(11-18)12-19-17)13-15(16-3-2-10-23-16)21-6-8-22-9-7-21/h2-5,10,12,15H,6-9,13H2,1H3/t15-/m1/s1. The van der Waals surface area contributed by atoms with Crippen LogP contribution in [-0.2, 0) is 4.74 Å². The number of likely N-dealkylation sites (N-methyl/N-ethyl adjacent to an activating group) is 1. The van der Waals surface area contributed by atoms with Gasteiger partial charge in [-0.3, -0.25) is 4.90 Å². The summed E-state index contributed by atoms with van der Waals surface area (Å²) in [6.45, 7) is 4.36. The Hall–Kier alpha value is -1.94. The number of nitrogens with zero attached hydrogens (tertiary/aromatic N) is 4. The van der Waals surface area contributed by atoms with Crippen LogP contribution in [0.25, 0.3) is 0 Å². The summed E-state index contributed by atoms with van der Waals surface area (Å²) in [7, 11) is 2.05. The van der Waals surface area contributed by atoms with E-state index in [2.05, 4.69) is 45.4 Å². The van der Waals surface area contributed by atoms with Gasteiger partial charge in [0, 0.05) is 37.8 Å². The van der Waals surface area contributed by atoms with Crippen LogP contribution in [-0.4, -0.2) is 49.8 Å². The molecule has 3 heterocycles. The van der Waals surface area contributed by atoms with E-state index < -0.39 is 0 Å². The molecule has 1 aliphatic heterocycles. The van der Waals surface area contributed by atoms with E-state index in [0.717, 1.165) is 38.7 Å². The van der Waals surface area contributed by atoms with Gasteiger partial charge in [-0.15, -0.1) is 11.3 Å². The summed E-state index contributed by atoms with van der Waals surface area (Å²) < 4.78 is 5.49. The Bertz CT molecular complexity index is 644. The number of pyridine rings is 1. The molecule has 120 valence electrons. The largest absolute Gasteiger partial charge is 0.379 e. The van der Waals surface area contributed by atoms with Gasteiger partial charge in [-0.2, -0.15) is 5.26 Å². The summed E-state index contributed by atoms with van der Waals surface area (Å²) >= 11 is 1.80. The summed E-state index contributed by atoms with van der Waals surface area (Å²) in [4.78, 5) is 10.4. The topological polar surface area (TPSA) is 52.4 Å². The highest BCUT2D eigenvalue weighted by atomic mass is 32.1. The van der Waals surface area contributed by atoms with Crippen molar-refractivity contribution in [3.63, 3.8) is 0 Å². The number of ether oxygens (including phenoxy) is 1. The second-order valence-corrected chi connectivity index (χ2v) is 6.56. The molecule has 0 unspecified atom stereocenters. The van der Waals surface area contributed by atoms with E-state index in [1.807, 2.05) is 12.1 Å². The first-order valence-electron chi connectivity index (χ1n) is 7.70. The molecule has 2 aromatic rings. The summed E-state index contributed by atoms with van der Waals surface area (Å²) in [6, 6.07) is 10.5. The average molecular weight is 328 g/mol. The van der Waals surface area contributed by atoms with Crippen molar-refractivity contribution < 1.29 is 4.74 Å². The van der Waals surface area contributed by atoms with Crippen LogP contribution in [0.5, 0.6) is 0 Å². The predicted octanol–water partition coefficient (Wildman–Crippen LogP) is 2.52. The number of aromatic nitrogens is 1. The van der Waals surface area contributed by atoms with Crippen LogP contribution in [0.3, 0.4) is 0 Å². The maximum Gasteiger partial charge on any atom is 0.128 e. The summed E-state index contributed by atoms with van der Waals surface area (Å²) in [5.41, 5.74) is 0.588. The maximum atomic E-state index is 8.89. The van der Waals surface area contributed by atoms with Gasteiger partial charge in [0.15, 0.2) is 0 Å². The van der Waals surface area contributed by atoms with Gasteiger partial charge in [0.1, 0.15) is 11.9 Å². The zero-order valence-electron chi connectivity index (χ0n) is 13.2. The monoisotopic (exact) mass is 328 g/mol. The molecule has 0 spiro atoms. The molecule has 1 atom stereocenters. The van der Waals surface area contributed by atoms with Crippen LogP contribution in [0.1, 0.15) is 16.5 Å². The van der Waals surface area contributed by atoms with E-state index in [0.29, 0.717) is 11.6 Å². The van der Waals surface area contributed by atoms with E-state index in [1.165, 1.54) is 4.88 Å². The first-order chi connectivity index (χ1) is 11.3. The average Bonchev–Trinajstić information content (AvgIpc) is 3.14. The number of nitriles is 1. The second kappa shape index (κ2) is 7.55. The van der Waals surface area contributed by atoms with Crippen molar-refractivity contribution in [2.45, 2.75) is 6.04 Å². The first-order valence-corrected chi connectivity index (χ1v) is 8.58. The zero-order valence-corrected chi connectivity index (χ0v) is 14.0. The molecule has 2 aromatic heterocycles. The second-order valence-electron chi connectivity index (χ2n) is 5.58. The van der Waals surface area contributed by atoms with Crippen LogP contribution in [0.2, 0.25) is 0 Å². The van der Waals surface area contributed by atoms with E-state index in [4.69, 9.17) is 10.00 Å². The Morgan fingerprint density at radius 2 is 2.22 bits per heavy atom. The normalized spacial score (nSPS) is 16.7. The molecular weight excluding hydrogens is 308 g/mol. The Morgan fingerprint density at radius 3 is 2.83 bits per heavy atom. The first kappa shape index (κ1) is 15.9. The minimum absolute atomic E-state index is 0.335. The minimum atomic E-state index is 0.335. The molecule has 1 fully saturated rings. The van der Waals surface area contributed by atoms with Crippen molar-refractivity contribution in [2.75, 3.05) is 44.8 Å². The molecule has 0 aromatic carbocycles. The highest BCUT2D eigenvalue weighted by molar-refractivity contribution is 7.10. The van der Waals surface area contributed by atoms with Crippen molar-refractivity contribution in [2.24, 2.45) is 0 Å². The number of rotatable bonds is 5. The number of anilines is 1. The van der Waals surface area contributed by atoms with Crippen molar-refractivity contribution in [1.82, 2.24) is 9.88 Å². The summed E-state index contributed by atoms with van der Waals surface area (Å²) in [5.74, 6) is 0.888. The lowest BCUT2D eigenvalue weighted by Gasteiger charge is -2.36. The van der Waals surface area contributed by atoms with Gasteiger partial charge in [0.25, 0.3) is 0 Å². The van der Waals surface area contributed by atoms with Gasteiger partial charge in [-0.05, 0) is 23.6 Å². The van der Waals surface area contributed by atoms with Gasteiger partial charge >= 0.3 is 0 Å². The zero-order chi connectivity index (χ0) is 16.1. The molecule has 23 heavy (non-hydrogen) atoms. The van der Waals surface area contributed by atoms with Gasteiger partial charge in [-0.1, -0.05) is 6.07 Å². The van der Waals surface area contributed by atoms with Gasteiger partial charge in [0.2, 0.25) is 0 Å². The Balaban J connectivity index is 1.75. The highest BCUT2D eigenvalue weighted by Gasteiger charge is 2.25. The Kier molecular flexibility index (Phi) is 5.23. The van der Waals surface area contributed by atoms with E-state index in [9.17, 15) is 0 Å². The van der Waals surface area contributed by atoms with Crippen LogP contribution in [0, 0.1) is 11.3 Å². The fraction of sp³-hybridized carbons (Fsp3) is 0.412. The molecule has 5 nitrogen and oxygen atoms in total. The van der Waals surface area contributed by atoms with Crippen LogP contribution < -0.4 is 4.90 Å². The van der Waals surface area contributed by atoms with Crippen molar-refractivity contribution in [1.29, 1.82) is 5.26 Å². The SMILES string of the molecule is CN(C[C@H](c1cccs1)N1CCOCC1)c1ccc(C#N)cn1. The Morgan fingerprint density at radius 1 is 1.39 bits per heavy atom. The fourth-order valence-corrected chi connectivity index (χ4v) is 3.64. The molecule has 0 amide bonds. The third kappa shape index (κ3) is 3.88. The van der Waals surface area contributed by atoms with Crippen molar-refractivity contribution >= 4 is 17.2 Å². The minimum Gasteiger partial charge on any atom is -0.379 e. The van der Waals surface area contributed by atoms with Crippen LogP contribution >= 0.6 is 11.3 Å². The van der Waals surface area contributed by atoms with Gasteiger partial charge < -0.3 is 9.64 Å². The molecule has 1 saturated heterocycles. The van der Waals surface area contributed by atoms with Crippen LogP contribution in [0.15, 0.2) is 35.8 Å². The molecule has 3 rings (SSSR count). The molecule has 0 radical (unpaired) electrons. The maximum absolute atomic E-state index is 8.89.